The van der Waals surface area contributed by atoms with Crippen LogP contribution >= 0.6 is 0 Å². The zero-order valence-corrected chi connectivity index (χ0v) is 13.4. The highest BCUT2D eigenvalue weighted by Crippen LogP contribution is 2.38. The number of carboxylic acids is 1. The second-order valence-electron chi connectivity index (χ2n) is 6.67. The van der Waals surface area contributed by atoms with Crippen molar-refractivity contribution in [3.63, 3.8) is 0 Å². The monoisotopic (exact) mass is 289 g/mol. The van der Waals surface area contributed by atoms with E-state index in [4.69, 9.17) is 0 Å². The maximum absolute atomic E-state index is 11.9. The first-order chi connectivity index (χ1) is 9.96. The first-order valence-corrected chi connectivity index (χ1v) is 7.97. The average molecular weight is 289 g/mol. The Bertz CT molecular complexity index is 481. The minimum atomic E-state index is -0.835. The van der Waals surface area contributed by atoms with E-state index in [9.17, 15) is 9.90 Å². The molecule has 0 aliphatic carbocycles. The molecule has 0 bridgehead atoms. The van der Waals surface area contributed by atoms with E-state index in [2.05, 4.69) is 18.7 Å². The van der Waals surface area contributed by atoms with E-state index in [1.165, 1.54) is 19.3 Å². The lowest BCUT2D eigenvalue weighted by Crippen LogP contribution is -2.44. The zero-order valence-electron chi connectivity index (χ0n) is 13.4. The fraction of sp³-hybridized carbons (Fsp3) is 0.611. The summed E-state index contributed by atoms with van der Waals surface area (Å²) in [6, 6.07) is 9.63. The van der Waals surface area contributed by atoms with Crippen LogP contribution in [0, 0.1) is 5.41 Å². The van der Waals surface area contributed by atoms with E-state index in [1.54, 1.807) is 0 Å². The highest BCUT2D eigenvalue weighted by Gasteiger charge is 2.42. The maximum atomic E-state index is 11.9. The SMILES string of the molecule is CCC1(CC)CCN(CC(C)(C(=O)O)c2ccccc2)C1. The van der Waals surface area contributed by atoms with Gasteiger partial charge < -0.3 is 10.0 Å². The van der Waals surface area contributed by atoms with Gasteiger partial charge in [-0.05, 0) is 43.7 Å². The second kappa shape index (κ2) is 6.18. The van der Waals surface area contributed by atoms with Gasteiger partial charge in [0.1, 0.15) is 5.41 Å². The molecule has 3 nitrogen and oxygen atoms in total. The van der Waals surface area contributed by atoms with Crippen LogP contribution in [0.5, 0.6) is 0 Å². The predicted octanol–water partition coefficient (Wildman–Crippen LogP) is 3.54. The van der Waals surface area contributed by atoms with Crippen LogP contribution in [0.25, 0.3) is 0 Å². The largest absolute Gasteiger partial charge is 0.481 e. The molecule has 1 fully saturated rings. The van der Waals surface area contributed by atoms with Crippen LogP contribution in [-0.4, -0.2) is 35.6 Å². The van der Waals surface area contributed by atoms with Crippen LogP contribution in [-0.2, 0) is 10.2 Å². The summed E-state index contributed by atoms with van der Waals surface area (Å²) in [5.74, 6) is -0.737. The Hall–Kier alpha value is -1.35. The van der Waals surface area contributed by atoms with Crippen molar-refractivity contribution < 1.29 is 9.90 Å². The van der Waals surface area contributed by atoms with Crippen molar-refractivity contribution in [2.24, 2.45) is 5.41 Å². The Labute approximate surface area is 128 Å². The maximum Gasteiger partial charge on any atom is 0.315 e. The van der Waals surface area contributed by atoms with Gasteiger partial charge >= 0.3 is 5.97 Å². The Morgan fingerprint density at radius 2 is 1.90 bits per heavy atom. The van der Waals surface area contributed by atoms with Gasteiger partial charge in [0, 0.05) is 13.1 Å². The van der Waals surface area contributed by atoms with Gasteiger partial charge in [0.2, 0.25) is 0 Å². The molecule has 1 heterocycles. The van der Waals surface area contributed by atoms with E-state index < -0.39 is 11.4 Å². The molecule has 0 radical (unpaired) electrons. The lowest BCUT2D eigenvalue weighted by molar-refractivity contribution is -0.144. The molecule has 1 aromatic carbocycles. The van der Waals surface area contributed by atoms with Gasteiger partial charge in [0.25, 0.3) is 0 Å². The molecule has 3 heteroatoms. The van der Waals surface area contributed by atoms with Crippen molar-refractivity contribution in [2.45, 2.75) is 45.4 Å². The molecule has 0 saturated carbocycles. The molecule has 1 N–H and O–H groups in total. The van der Waals surface area contributed by atoms with Crippen LogP contribution in [0.4, 0.5) is 0 Å². The quantitative estimate of drug-likeness (QED) is 0.870. The molecule has 0 amide bonds. The summed E-state index contributed by atoms with van der Waals surface area (Å²) in [5.41, 5.74) is 0.442. The third-order valence-electron chi connectivity index (χ3n) is 5.44. The lowest BCUT2D eigenvalue weighted by Gasteiger charge is -2.32. The Morgan fingerprint density at radius 3 is 2.38 bits per heavy atom. The van der Waals surface area contributed by atoms with E-state index in [-0.39, 0.29) is 0 Å². The van der Waals surface area contributed by atoms with Gasteiger partial charge in [-0.1, -0.05) is 44.2 Å². The topological polar surface area (TPSA) is 40.5 Å². The molecule has 1 aliphatic heterocycles. The number of hydrogen-bond acceptors (Lipinski definition) is 2. The molecule has 2 rings (SSSR count). The van der Waals surface area contributed by atoms with E-state index in [0.29, 0.717) is 12.0 Å². The predicted molar refractivity (Wildman–Crippen MR) is 85.5 cm³/mol. The van der Waals surface area contributed by atoms with Gasteiger partial charge in [-0.2, -0.15) is 0 Å². The van der Waals surface area contributed by atoms with Gasteiger partial charge in [-0.25, -0.2) is 0 Å². The molecule has 116 valence electrons. The van der Waals surface area contributed by atoms with Crippen molar-refractivity contribution in [1.82, 2.24) is 4.90 Å². The van der Waals surface area contributed by atoms with Crippen molar-refractivity contribution in [3.05, 3.63) is 35.9 Å². The summed E-state index contributed by atoms with van der Waals surface area (Å²) >= 11 is 0. The molecule has 1 unspecified atom stereocenters. The first-order valence-electron chi connectivity index (χ1n) is 7.97. The second-order valence-corrected chi connectivity index (χ2v) is 6.67. The average Bonchev–Trinajstić information content (AvgIpc) is 2.91. The first kappa shape index (κ1) is 16.0. The number of benzene rings is 1. The molecule has 21 heavy (non-hydrogen) atoms. The third kappa shape index (κ3) is 3.13. The number of aliphatic carboxylic acids is 1. The Balaban J connectivity index is 2.17. The summed E-state index contributed by atoms with van der Waals surface area (Å²) in [6.07, 6.45) is 3.54. The molecule has 1 atom stereocenters. The zero-order chi connectivity index (χ0) is 15.5. The van der Waals surface area contributed by atoms with Gasteiger partial charge in [-0.3, -0.25) is 4.79 Å². The molecule has 0 aromatic heterocycles. The van der Waals surface area contributed by atoms with Gasteiger partial charge in [0.15, 0.2) is 0 Å². The summed E-state index contributed by atoms with van der Waals surface area (Å²) in [6.45, 7) is 8.98. The van der Waals surface area contributed by atoms with E-state index >= 15 is 0 Å². The number of carboxylic acid groups (broad SMARTS) is 1. The fourth-order valence-corrected chi connectivity index (χ4v) is 3.53. The molecule has 1 aromatic rings. The molecular weight excluding hydrogens is 262 g/mol. The summed E-state index contributed by atoms with van der Waals surface area (Å²) in [7, 11) is 0. The van der Waals surface area contributed by atoms with Crippen LogP contribution in [0.15, 0.2) is 30.3 Å². The van der Waals surface area contributed by atoms with Gasteiger partial charge in [-0.15, -0.1) is 0 Å². The van der Waals surface area contributed by atoms with Gasteiger partial charge in [0.05, 0.1) is 0 Å². The number of hydrogen-bond donors (Lipinski definition) is 1. The number of rotatable bonds is 6. The standard InChI is InChI=1S/C18H27NO2/c1-4-18(5-2)11-12-19(14-18)13-17(3,16(20)21)15-9-7-6-8-10-15/h6-10H,4-5,11-14H2,1-3H3,(H,20,21). The fourth-order valence-electron chi connectivity index (χ4n) is 3.53. The van der Waals surface area contributed by atoms with Crippen molar-refractivity contribution >= 4 is 5.97 Å². The number of likely N-dealkylation sites (tertiary alicyclic amines) is 1. The highest BCUT2D eigenvalue weighted by molar-refractivity contribution is 5.81. The molecule has 0 spiro atoms. The Morgan fingerprint density at radius 1 is 1.29 bits per heavy atom. The molecule has 1 aliphatic rings. The highest BCUT2D eigenvalue weighted by atomic mass is 16.4. The summed E-state index contributed by atoms with van der Waals surface area (Å²) < 4.78 is 0. The third-order valence-corrected chi connectivity index (χ3v) is 5.44. The lowest BCUT2D eigenvalue weighted by atomic mass is 9.80. The number of carbonyl (C=O) groups is 1. The smallest absolute Gasteiger partial charge is 0.315 e. The molecular formula is C18H27NO2. The molecule has 1 saturated heterocycles. The van der Waals surface area contributed by atoms with E-state index in [1.807, 2.05) is 37.3 Å². The minimum Gasteiger partial charge on any atom is -0.481 e. The van der Waals surface area contributed by atoms with E-state index in [0.717, 1.165) is 18.7 Å². The van der Waals surface area contributed by atoms with Crippen LogP contribution < -0.4 is 0 Å². The Kier molecular flexibility index (Phi) is 4.72. The van der Waals surface area contributed by atoms with Crippen molar-refractivity contribution in [1.29, 1.82) is 0 Å². The minimum absolute atomic E-state index is 0.385. The normalized spacial score (nSPS) is 21.1. The van der Waals surface area contributed by atoms with Crippen molar-refractivity contribution in [3.8, 4) is 0 Å². The number of nitrogens with zero attached hydrogens (tertiary/aromatic N) is 1. The summed E-state index contributed by atoms with van der Waals surface area (Å²) in [4.78, 5) is 14.2. The van der Waals surface area contributed by atoms with Crippen LogP contribution in [0.3, 0.4) is 0 Å². The summed E-state index contributed by atoms with van der Waals surface area (Å²) in [5, 5.41) is 9.76. The van der Waals surface area contributed by atoms with Crippen LogP contribution in [0.2, 0.25) is 0 Å². The van der Waals surface area contributed by atoms with Crippen LogP contribution in [0.1, 0.15) is 45.6 Å². The van der Waals surface area contributed by atoms with Crippen molar-refractivity contribution in [2.75, 3.05) is 19.6 Å².